The van der Waals surface area contributed by atoms with Crippen molar-refractivity contribution < 1.29 is 8.42 Å². The maximum atomic E-state index is 11.0. The van der Waals surface area contributed by atoms with Gasteiger partial charge in [-0.05, 0) is 11.1 Å². The number of hydrogen-bond donors (Lipinski definition) is 1. The molecule has 2 aromatic rings. The Balaban J connectivity index is 2.39. The van der Waals surface area contributed by atoms with Crippen molar-refractivity contribution in [3.8, 4) is 0 Å². The number of benzene rings is 2. The van der Waals surface area contributed by atoms with Gasteiger partial charge in [0.05, 0.1) is 5.75 Å². The largest absolute Gasteiger partial charge is 0.232 e. The third kappa shape index (κ3) is 3.17. The van der Waals surface area contributed by atoms with E-state index in [9.17, 15) is 8.42 Å². The summed E-state index contributed by atoms with van der Waals surface area (Å²) in [7, 11) is -2.39. The lowest BCUT2D eigenvalue weighted by Crippen LogP contribution is -2.07. The number of thiol groups is 1. The lowest BCUT2D eigenvalue weighted by Gasteiger charge is -2.14. The molecule has 88 valence electrons. The van der Waals surface area contributed by atoms with Crippen molar-refractivity contribution in [1.82, 2.24) is 0 Å². The number of hydrogen-bond acceptors (Lipinski definition) is 2. The van der Waals surface area contributed by atoms with Crippen LogP contribution in [0.3, 0.4) is 0 Å². The molecule has 2 aromatic carbocycles. The molecule has 17 heavy (non-hydrogen) atoms. The number of rotatable bonds is 4. The van der Waals surface area contributed by atoms with Gasteiger partial charge in [0.15, 0.2) is 0 Å². The van der Waals surface area contributed by atoms with Gasteiger partial charge in [0.25, 0.3) is 0 Å². The van der Waals surface area contributed by atoms with Gasteiger partial charge in [0, 0.05) is 5.92 Å². The second-order valence-electron chi connectivity index (χ2n) is 3.89. The first-order valence-corrected chi connectivity index (χ1v) is 6.85. The monoisotopic (exact) mass is 246 g/mol. The van der Waals surface area contributed by atoms with Crippen molar-refractivity contribution in [2.45, 2.75) is 5.92 Å². The molecule has 0 saturated carbocycles. The average molecular weight is 246 g/mol. The van der Waals surface area contributed by atoms with Crippen LogP contribution in [0.25, 0.3) is 0 Å². The van der Waals surface area contributed by atoms with Crippen LogP contribution in [0.4, 0.5) is 0 Å². The fraction of sp³-hybridized carbons (Fsp3) is 0.143. The van der Waals surface area contributed by atoms with Gasteiger partial charge in [-0.3, -0.25) is 0 Å². The molecule has 0 aliphatic rings. The van der Waals surface area contributed by atoms with E-state index in [1.807, 2.05) is 60.7 Å². The fourth-order valence-corrected chi connectivity index (χ4v) is 2.64. The zero-order valence-electron chi connectivity index (χ0n) is 9.32. The van der Waals surface area contributed by atoms with Crippen LogP contribution in [0, 0.1) is 0 Å². The quantitative estimate of drug-likeness (QED) is 0.841. The normalized spacial score (nSPS) is 10.9. The van der Waals surface area contributed by atoms with Gasteiger partial charge in [-0.15, -0.1) is 0 Å². The summed E-state index contributed by atoms with van der Waals surface area (Å²) in [5.74, 6) is 0.0853. The molecule has 0 atom stereocenters. The Labute approximate surface area is 103 Å². The summed E-state index contributed by atoms with van der Waals surface area (Å²) in [5.41, 5.74) is 2.08. The van der Waals surface area contributed by atoms with E-state index in [-0.39, 0.29) is 11.7 Å². The first-order chi connectivity index (χ1) is 8.27. The van der Waals surface area contributed by atoms with Gasteiger partial charge in [0.1, 0.15) is 10.7 Å². The minimum absolute atomic E-state index is 0.0708. The van der Waals surface area contributed by atoms with Crippen LogP contribution in [0.15, 0.2) is 60.7 Å². The molecular weight excluding hydrogens is 232 g/mol. The smallest absolute Gasteiger partial charge is 0.141 e. The van der Waals surface area contributed by atoms with E-state index in [0.717, 1.165) is 11.1 Å². The third-order valence-corrected chi connectivity index (χ3v) is 3.40. The Hall–Kier alpha value is -1.61. The molecule has 0 N–H and O–H groups in total. The van der Waals surface area contributed by atoms with Crippen molar-refractivity contribution >= 4 is 10.7 Å². The molecule has 0 spiro atoms. The molecule has 0 radical (unpaired) electrons. The third-order valence-electron chi connectivity index (χ3n) is 2.74. The fourth-order valence-electron chi connectivity index (χ4n) is 1.92. The summed E-state index contributed by atoms with van der Waals surface area (Å²) in [5, 5.41) is 0. The molecule has 0 heterocycles. The topological polar surface area (TPSA) is 34.1 Å². The Morgan fingerprint density at radius 3 is 1.53 bits per heavy atom. The minimum Gasteiger partial charge on any atom is -0.232 e. The van der Waals surface area contributed by atoms with E-state index in [1.54, 1.807) is 0 Å². The summed E-state index contributed by atoms with van der Waals surface area (Å²) in [4.78, 5) is 0. The molecule has 0 aromatic heterocycles. The van der Waals surface area contributed by atoms with E-state index in [2.05, 4.69) is 0 Å². The molecule has 2 rings (SSSR count). The van der Waals surface area contributed by atoms with E-state index in [4.69, 9.17) is 0 Å². The van der Waals surface area contributed by atoms with E-state index >= 15 is 0 Å². The lowest BCUT2D eigenvalue weighted by atomic mass is 9.93. The Morgan fingerprint density at radius 1 is 0.765 bits per heavy atom. The molecule has 0 unspecified atom stereocenters. The maximum absolute atomic E-state index is 11.0. The zero-order valence-corrected chi connectivity index (χ0v) is 10.2. The van der Waals surface area contributed by atoms with Gasteiger partial charge in [0.2, 0.25) is 0 Å². The summed E-state index contributed by atoms with van der Waals surface area (Å²) in [6.07, 6.45) is 0. The van der Waals surface area contributed by atoms with Gasteiger partial charge in [-0.1, -0.05) is 60.7 Å². The SMILES string of the molecule is O=[SH](=O)CC(c1ccccc1)c1ccccc1. The lowest BCUT2D eigenvalue weighted by molar-refractivity contribution is 0.611. The van der Waals surface area contributed by atoms with Gasteiger partial charge < -0.3 is 0 Å². The highest BCUT2D eigenvalue weighted by molar-refractivity contribution is 7.72. The van der Waals surface area contributed by atoms with E-state index < -0.39 is 10.7 Å². The van der Waals surface area contributed by atoms with Crippen molar-refractivity contribution in [2.24, 2.45) is 0 Å². The van der Waals surface area contributed by atoms with Crippen LogP contribution in [-0.2, 0) is 10.7 Å². The maximum Gasteiger partial charge on any atom is 0.141 e. The summed E-state index contributed by atoms with van der Waals surface area (Å²) in [6, 6.07) is 19.5. The zero-order chi connectivity index (χ0) is 12.1. The predicted octanol–water partition coefficient (Wildman–Crippen LogP) is 2.43. The first kappa shape index (κ1) is 11.9. The molecule has 0 aliphatic carbocycles. The molecule has 2 nitrogen and oxygen atoms in total. The van der Waals surface area contributed by atoms with Crippen LogP contribution in [0.5, 0.6) is 0 Å². The van der Waals surface area contributed by atoms with Crippen molar-refractivity contribution in [1.29, 1.82) is 0 Å². The second-order valence-corrected chi connectivity index (χ2v) is 4.92. The van der Waals surface area contributed by atoms with Gasteiger partial charge in [-0.25, -0.2) is 8.42 Å². The summed E-state index contributed by atoms with van der Waals surface area (Å²) < 4.78 is 22.0. The van der Waals surface area contributed by atoms with Crippen LogP contribution in [-0.4, -0.2) is 14.2 Å². The molecule has 0 fully saturated rings. The van der Waals surface area contributed by atoms with Crippen molar-refractivity contribution in [3.63, 3.8) is 0 Å². The predicted molar refractivity (Wildman–Crippen MR) is 69.9 cm³/mol. The Kier molecular flexibility index (Phi) is 3.94. The molecule has 3 heteroatoms. The van der Waals surface area contributed by atoms with Gasteiger partial charge >= 0.3 is 0 Å². The van der Waals surface area contributed by atoms with E-state index in [0.29, 0.717) is 0 Å². The van der Waals surface area contributed by atoms with Crippen LogP contribution >= 0.6 is 0 Å². The first-order valence-electron chi connectivity index (χ1n) is 5.49. The van der Waals surface area contributed by atoms with Crippen LogP contribution in [0.2, 0.25) is 0 Å². The molecule has 0 aliphatic heterocycles. The minimum atomic E-state index is -2.39. The Morgan fingerprint density at radius 2 is 1.18 bits per heavy atom. The highest BCUT2D eigenvalue weighted by atomic mass is 32.2. The molecule has 0 saturated heterocycles. The van der Waals surface area contributed by atoms with Crippen LogP contribution < -0.4 is 0 Å². The van der Waals surface area contributed by atoms with Gasteiger partial charge in [-0.2, -0.15) is 0 Å². The summed E-state index contributed by atoms with van der Waals surface area (Å²) >= 11 is 0. The molecular formula is C14H14O2S. The van der Waals surface area contributed by atoms with E-state index in [1.165, 1.54) is 0 Å². The average Bonchev–Trinajstić information content (AvgIpc) is 2.38. The standard InChI is InChI=1S/C14H14O2S/c15-17(16)11-14(12-7-3-1-4-8-12)13-9-5-2-6-10-13/h1-10,14,17H,11H2. The van der Waals surface area contributed by atoms with Crippen molar-refractivity contribution in [2.75, 3.05) is 5.75 Å². The summed E-state index contributed by atoms with van der Waals surface area (Å²) in [6.45, 7) is 0. The highest BCUT2D eigenvalue weighted by Gasteiger charge is 2.14. The molecule has 0 amide bonds. The molecule has 0 bridgehead atoms. The highest BCUT2D eigenvalue weighted by Crippen LogP contribution is 2.24. The van der Waals surface area contributed by atoms with Crippen LogP contribution in [0.1, 0.15) is 17.0 Å². The van der Waals surface area contributed by atoms with Crippen molar-refractivity contribution in [3.05, 3.63) is 71.8 Å². The second kappa shape index (κ2) is 5.64. The Bertz CT molecular complexity index is 485.